The van der Waals surface area contributed by atoms with Gasteiger partial charge in [0.2, 0.25) is 5.91 Å². The summed E-state index contributed by atoms with van der Waals surface area (Å²) < 4.78 is 0. The third-order valence-electron chi connectivity index (χ3n) is 3.91. The summed E-state index contributed by atoms with van der Waals surface area (Å²) in [4.78, 5) is 12.2. The molecule has 17 heavy (non-hydrogen) atoms. The van der Waals surface area contributed by atoms with Crippen molar-refractivity contribution in [2.24, 2.45) is 23.5 Å². The fourth-order valence-corrected chi connectivity index (χ4v) is 2.88. The molecule has 3 nitrogen and oxygen atoms in total. The second-order valence-corrected chi connectivity index (χ2v) is 6.10. The first-order chi connectivity index (χ1) is 7.91. The molecule has 0 aromatic heterocycles. The lowest BCUT2D eigenvalue weighted by Crippen LogP contribution is -2.46. The van der Waals surface area contributed by atoms with Gasteiger partial charge in [-0.3, -0.25) is 4.79 Å². The third kappa shape index (κ3) is 4.30. The Hall–Kier alpha value is -0.570. The van der Waals surface area contributed by atoms with E-state index in [1.807, 2.05) is 0 Å². The number of nitrogens with two attached hydrogens (primary N) is 1. The first-order valence-electron chi connectivity index (χ1n) is 6.97. The van der Waals surface area contributed by atoms with Crippen molar-refractivity contribution < 1.29 is 4.79 Å². The summed E-state index contributed by atoms with van der Waals surface area (Å²) in [5.41, 5.74) is 6.04. The average Bonchev–Trinajstić information content (AvgIpc) is 2.20. The second kappa shape index (κ2) is 6.39. The second-order valence-electron chi connectivity index (χ2n) is 6.10. The van der Waals surface area contributed by atoms with Gasteiger partial charge in [-0.1, -0.05) is 27.2 Å². The minimum atomic E-state index is 0.119. The predicted molar refractivity (Wildman–Crippen MR) is 71.5 cm³/mol. The van der Waals surface area contributed by atoms with Gasteiger partial charge in [-0.05, 0) is 38.0 Å². The van der Waals surface area contributed by atoms with Gasteiger partial charge in [0.05, 0.1) is 0 Å². The smallest absolute Gasteiger partial charge is 0.223 e. The summed E-state index contributed by atoms with van der Waals surface area (Å²) in [6.45, 7) is 8.57. The molecule has 4 atom stereocenters. The van der Waals surface area contributed by atoms with Crippen molar-refractivity contribution in [3.8, 4) is 0 Å². The van der Waals surface area contributed by atoms with Crippen molar-refractivity contribution in [1.29, 1.82) is 0 Å². The molecular weight excluding hydrogens is 212 g/mol. The summed E-state index contributed by atoms with van der Waals surface area (Å²) in [5, 5.41) is 3.14. The summed E-state index contributed by atoms with van der Waals surface area (Å²) in [5.74, 6) is 1.26. The van der Waals surface area contributed by atoms with Gasteiger partial charge in [-0.15, -0.1) is 0 Å². The van der Waals surface area contributed by atoms with Crippen LogP contribution in [0.25, 0.3) is 0 Å². The Morgan fingerprint density at radius 3 is 2.59 bits per heavy atom. The van der Waals surface area contributed by atoms with Crippen LogP contribution in [0, 0.1) is 17.8 Å². The van der Waals surface area contributed by atoms with Gasteiger partial charge < -0.3 is 11.1 Å². The van der Waals surface area contributed by atoms with Crippen LogP contribution in [0.2, 0.25) is 0 Å². The van der Waals surface area contributed by atoms with Crippen LogP contribution in [0.15, 0.2) is 0 Å². The maximum atomic E-state index is 12.2. The molecule has 0 heterocycles. The Bertz CT molecular complexity index is 253. The highest BCUT2D eigenvalue weighted by Gasteiger charge is 2.32. The molecule has 3 heteroatoms. The van der Waals surface area contributed by atoms with Gasteiger partial charge in [0, 0.05) is 18.0 Å². The van der Waals surface area contributed by atoms with Gasteiger partial charge >= 0.3 is 0 Å². The Balaban J connectivity index is 2.46. The fourth-order valence-electron chi connectivity index (χ4n) is 2.88. The maximum Gasteiger partial charge on any atom is 0.223 e. The van der Waals surface area contributed by atoms with Crippen LogP contribution in [0.5, 0.6) is 0 Å². The van der Waals surface area contributed by atoms with E-state index in [-0.39, 0.29) is 23.9 Å². The molecule has 1 aliphatic carbocycles. The van der Waals surface area contributed by atoms with Crippen molar-refractivity contribution in [1.82, 2.24) is 5.32 Å². The molecule has 0 spiro atoms. The van der Waals surface area contributed by atoms with E-state index in [0.717, 1.165) is 25.7 Å². The highest BCUT2D eigenvalue weighted by Crippen LogP contribution is 2.29. The summed E-state index contributed by atoms with van der Waals surface area (Å²) in [7, 11) is 0. The summed E-state index contributed by atoms with van der Waals surface area (Å²) in [6, 6.07) is 0.466. The lowest BCUT2D eigenvalue weighted by Gasteiger charge is -2.33. The van der Waals surface area contributed by atoms with Crippen LogP contribution in [0.3, 0.4) is 0 Å². The topological polar surface area (TPSA) is 55.1 Å². The van der Waals surface area contributed by atoms with E-state index in [1.54, 1.807) is 0 Å². The molecular formula is C14H28N2O. The van der Waals surface area contributed by atoms with Gasteiger partial charge in [0.25, 0.3) is 0 Å². The van der Waals surface area contributed by atoms with Crippen LogP contribution in [0.1, 0.15) is 53.4 Å². The molecule has 1 fully saturated rings. The zero-order valence-corrected chi connectivity index (χ0v) is 11.7. The Morgan fingerprint density at radius 1 is 1.35 bits per heavy atom. The van der Waals surface area contributed by atoms with Crippen molar-refractivity contribution in [3.05, 3.63) is 0 Å². The van der Waals surface area contributed by atoms with E-state index >= 15 is 0 Å². The molecule has 0 radical (unpaired) electrons. The Morgan fingerprint density at radius 2 is 2.00 bits per heavy atom. The lowest BCUT2D eigenvalue weighted by atomic mass is 9.76. The first-order valence-corrected chi connectivity index (χ1v) is 6.97. The fraction of sp³-hybridized carbons (Fsp3) is 0.929. The quantitative estimate of drug-likeness (QED) is 0.792. The van der Waals surface area contributed by atoms with Crippen LogP contribution >= 0.6 is 0 Å². The molecule has 4 unspecified atom stereocenters. The van der Waals surface area contributed by atoms with Crippen molar-refractivity contribution in [3.63, 3.8) is 0 Å². The molecule has 0 bridgehead atoms. The van der Waals surface area contributed by atoms with Gasteiger partial charge in [0.1, 0.15) is 0 Å². The van der Waals surface area contributed by atoms with Crippen LogP contribution in [0.4, 0.5) is 0 Å². The molecule has 0 saturated heterocycles. The molecule has 1 aliphatic rings. The Kier molecular flexibility index (Phi) is 5.44. The number of nitrogens with one attached hydrogen (secondary N) is 1. The molecule has 1 saturated carbocycles. The molecule has 0 aliphatic heterocycles. The van der Waals surface area contributed by atoms with E-state index in [1.165, 1.54) is 0 Å². The normalized spacial score (nSPS) is 31.3. The van der Waals surface area contributed by atoms with Crippen LogP contribution < -0.4 is 11.1 Å². The number of carbonyl (C=O) groups excluding carboxylic acids is 1. The SMILES string of the molecule is CC(C)CC(C)NC(=O)C1CCCC(N)C1C. The number of amides is 1. The number of hydrogen-bond acceptors (Lipinski definition) is 2. The van der Waals surface area contributed by atoms with Crippen LogP contribution in [-0.4, -0.2) is 18.0 Å². The number of rotatable bonds is 4. The van der Waals surface area contributed by atoms with Gasteiger partial charge in [-0.2, -0.15) is 0 Å². The van der Waals surface area contributed by atoms with Gasteiger partial charge in [0.15, 0.2) is 0 Å². The van der Waals surface area contributed by atoms with Gasteiger partial charge in [-0.25, -0.2) is 0 Å². The minimum absolute atomic E-state index is 0.119. The lowest BCUT2D eigenvalue weighted by molar-refractivity contribution is -0.128. The standard InChI is InChI=1S/C14H28N2O/c1-9(2)8-10(3)16-14(17)12-6-5-7-13(15)11(12)4/h9-13H,5-8,15H2,1-4H3,(H,16,17). The van der Waals surface area contributed by atoms with Crippen molar-refractivity contribution in [2.75, 3.05) is 0 Å². The third-order valence-corrected chi connectivity index (χ3v) is 3.91. The van der Waals surface area contributed by atoms with Crippen LogP contribution in [-0.2, 0) is 4.79 Å². The largest absolute Gasteiger partial charge is 0.353 e. The minimum Gasteiger partial charge on any atom is -0.353 e. The zero-order chi connectivity index (χ0) is 13.0. The average molecular weight is 240 g/mol. The number of carbonyl (C=O) groups is 1. The highest BCUT2D eigenvalue weighted by molar-refractivity contribution is 5.79. The van der Waals surface area contributed by atoms with E-state index in [2.05, 4.69) is 33.0 Å². The van der Waals surface area contributed by atoms with E-state index in [4.69, 9.17) is 5.73 Å². The molecule has 1 amide bonds. The summed E-state index contributed by atoms with van der Waals surface area (Å²) in [6.07, 6.45) is 4.18. The maximum absolute atomic E-state index is 12.2. The monoisotopic (exact) mass is 240 g/mol. The van der Waals surface area contributed by atoms with E-state index in [9.17, 15) is 4.79 Å². The molecule has 0 aromatic carbocycles. The first kappa shape index (κ1) is 14.5. The molecule has 3 N–H and O–H groups in total. The molecule has 100 valence electrons. The van der Waals surface area contributed by atoms with Crippen molar-refractivity contribution >= 4 is 5.91 Å². The van der Waals surface area contributed by atoms with E-state index < -0.39 is 0 Å². The number of hydrogen-bond donors (Lipinski definition) is 2. The molecule has 1 rings (SSSR count). The predicted octanol–water partition coefficient (Wildman–Crippen LogP) is 2.30. The van der Waals surface area contributed by atoms with E-state index in [0.29, 0.717) is 11.8 Å². The van der Waals surface area contributed by atoms with Crippen molar-refractivity contribution in [2.45, 2.75) is 65.5 Å². The zero-order valence-electron chi connectivity index (χ0n) is 11.7. The molecule has 0 aromatic rings. The highest BCUT2D eigenvalue weighted by atomic mass is 16.1. The summed E-state index contributed by atoms with van der Waals surface area (Å²) >= 11 is 0. The Labute approximate surface area is 106 Å².